The van der Waals surface area contributed by atoms with Gasteiger partial charge in [-0.2, -0.15) is 0 Å². The van der Waals surface area contributed by atoms with Crippen molar-refractivity contribution in [1.29, 1.82) is 0 Å². The largest absolute Gasteiger partial charge is 0.370 e. The molecule has 1 fully saturated rings. The average molecular weight is 140 g/mol. The van der Waals surface area contributed by atoms with Gasteiger partial charge in [0.1, 0.15) is 0 Å². The lowest BCUT2D eigenvalue weighted by atomic mass is 9.84. The molecule has 1 rings (SSSR count). The number of epoxide rings is 1. The van der Waals surface area contributed by atoms with E-state index < -0.39 is 0 Å². The third kappa shape index (κ3) is 1.84. The maximum absolute atomic E-state index is 5.29. The Morgan fingerprint density at radius 3 is 2.50 bits per heavy atom. The summed E-state index contributed by atoms with van der Waals surface area (Å²) < 4.78 is 5.29. The second kappa shape index (κ2) is 2.09. The smallest absolute Gasteiger partial charge is 0.0896 e. The molecule has 10 heavy (non-hydrogen) atoms. The van der Waals surface area contributed by atoms with Gasteiger partial charge in [-0.15, -0.1) is 6.58 Å². The molecule has 1 aliphatic rings. The monoisotopic (exact) mass is 140 g/mol. The van der Waals surface area contributed by atoms with Gasteiger partial charge >= 0.3 is 0 Å². The minimum absolute atomic E-state index is 0.164. The van der Waals surface area contributed by atoms with Gasteiger partial charge in [0.2, 0.25) is 0 Å². The molecule has 0 aromatic rings. The molecule has 1 atom stereocenters. The van der Waals surface area contributed by atoms with E-state index in [0.717, 1.165) is 13.0 Å². The van der Waals surface area contributed by atoms with E-state index in [4.69, 9.17) is 4.74 Å². The van der Waals surface area contributed by atoms with Crippen molar-refractivity contribution < 1.29 is 4.74 Å². The van der Waals surface area contributed by atoms with E-state index >= 15 is 0 Å². The van der Waals surface area contributed by atoms with Gasteiger partial charge in [0.25, 0.3) is 0 Å². The molecule has 1 aliphatic heterocycles. The molecule has 0 amide bonds. The molecule has 0 N–H and O–H groups in total. The van der Waals surface area contributed by atoms with Gasteiger partial charge in [-0.25, -0.2) is 0 Å². The Morgan fingerprint density at radius 2 is 2.20 bits per heavy atom. The van der Waals surface area contributed by atoms with Gasteiger partial charge in [0.05, 0.1) is 12.2 Å². The molecule has 1 saturated heterocycles. The average Bonchev–Trinajstić information content (AvgIpc) is 2.47. The van der Waals surface area contributed by atoms with Crippen LogP contribution in [0.3, 0.4) is 0 Å². The number of hydrogen-bond donors (Lipinski definition) is 0. The predicted molar refractivity (Wildman–Crippen MR) is 43.0 cm³/mol. The molecule has 0 spiro atoms. The summed E-state index contributed by atoms with van der Waals surface area (Å²) in [5.74, 6) is 0. The maximum atomic E-state index is 5.29. The van der Waals surface area contributed by atoms with Gasteiger partial charge < -0.3 is 4.74 Å². The molecule has 1 nitrogen and oxygen atoms in total. The van der Waals surface area contributed by atoms with Gasteiger partial charge in [-0.1, -0.05) is 19.9 Å². The summed E-state index contributed by atoms with van der Waals surface area (Å²) in [6.45, 7) is 11.2. The van der Waals surface area contributed by atoms with E-state index in [1.54, 1.807) is 0 Å². The van der Waals surface area contributed by atoms with Crippen LogP contribution in [-0.4, -0.2) is 12.2 Å². The van der Waals surface area contributed by atoms with E-state index in [9.17, 15) is 0 Å². The lowest BCUT2D eigenvalue weighted by Gasteiger charge is -2.21. The standard InChI is InChI=1S/C9H16O/c1-5-8(2,3)6-9(4)7-10-9/h5H,1,6-7H2,2-4H3. The zero-order valence-corrected chi connectivity index (χ0v) is 7.11. The van der Waals surface area contributed by atoms with Gasteiger partial charge in [0.15, 0.2) is 0 Å². The topological polar surface area (TPSA) is 12.5 Å². The van der Waals surface area contributed by atoms with Crippen LogP contribution in [-0.2, 0) is 4.74 Å². The number of hydrogen-bond acceptors (Lipinski definition) is 1. The fourth-order valence-electron chi connectivity index (χ4n) is 1.26. The number of ether oxygens (including phenoxy) is 1. The van der Waals surface area contributed by atoms with Gasteiger partial charge in [-0.05, 0) is 18.8 Å². The van der Waals surface area contributed by atoms with Crippen LogP contribution >= 0.6 is 0 Å². The summed E-state index contributed by atoms with van der Waals surface area (Å²) in [6.07, 6.45) is 3.09. The van der Waals surface area contributed by atoms with E-state index in [2.05, 4.69) is 27.4 Å². The Morgan fingerprint density at radius 1 is 1.70 bits per heavy atom. The zero-order chi connectivity index (χ0) is 7.83. The Bertz CT molecular complexity index is 143. The molecule has 0 saturated carbocycles. The Hall–Kier alpha value is -0.300. The molecule has 1 unspecified atom stereocenters. The van der Waals surface area contributed by atoms with Crippen LogP contribution in [0.2, 0.25) is 0 Å². The minimum Gasteiger partial charge on any atom is -0.370 e. The lowest BCUT2D eigenvalue weighted by Crippen LogP contribution is -2.18. The van der Waals surface area contributed by atoms with E-state index in [1.807, 2.05) is 6.08 Å². The highest BCUT2D eigenvalue weighted by atomic mass is 16.6. The maximum Gasteiger partial charge on any atom is 0.0896 e. The first-order valence-electron chi connectivity index (χ1n) is 3.75. The van der Waals surface area contributed by atoms with Crippen molar-refractivity contribution in [2.45, 2.75) is 32.8 Å². The van der Waals surface area contributed by atoms with Crippen molar-refractivity contribution in [2.75, 3.05) is 6.61 Å². The van der Waals surface area contributed by atoms with Crippen molar-refractivity contribution in [3.8, 4) is 0 Å². The highest BCUT2D eigenvalue weighted by molar-refractivity contribution is 4.98. The van der Waals surface area contributed by atoms with Crippen molar-refractivity contribution in [1.82, 2.24) is 0 Å². The summed E-state index contributed by atoms with van der Waals surface area (Å²) in [7, 11) is 0. The summed E-state index contributed by atoms with van der Waals surface area (Å²) in [4.78, 5) is 0. The normalized spacial score (nSPS) is 31.9. The summed E-state index contributed by atoms with van der Waals surface area (Å²) >= 11 is 0. The molecule has 0 bridgehead atoms. The summed E-state index contributed by atoms with van der Waals surface area (Å²) in [6, 6.07) is 0. The third-order valence-corrected chi connectivity index (χ3v) is 2.02. The van der Waals surface area contributed by atoms with Crippen LogP contribution in [0, 0.1) is 5.41 Å². The van der Waals surface area contributed by atoms with Crippen LogP contribution in [0.5, 0.6) is 0 Å². The second-order valence-corrected chi connectivity index (χ2v) is 4.11. The van der Waals surface area contributed by atoms with E-state index in [-0.39, 0.29) is 11.0 Å². The Labute approximate surface area is 63.1 Å². The Kier molecular flexibility index (Phi) is 1.63. The minimum atomic E-state index is 0.164. The molecular weight excluding hydrogens is 124 g/mol. The van der Waals surface area contributed by atoms with Crippen molar-refractivity contribution >= 4 is 0 Å². The molecular formula is C9H16O. The quantitative estimate of drug-likeness (QED) is 0.433. The zero-order valence-electron chi connectivity index (χ0n) is 7.11. The molecule has 0 aromatic carbocycles. The van der Waals surface area contributed by atoms with Crippen LogP contribution < -0.4 is 0 Å². The Balaban J connectivity index is 2.43. The number of allylic oxidation sites excluding steroid dienone is 1. The highest BCUT2D eigenvalue weighted by Gasteiger charge is 2.42. The van der Waals surface area contributed by atoms with Crippen molar-refractivity contribution in [3.05, 3.63) is 12.7 Å². The fraction of sp³-hybridized carbons (Fsp3) is 0.778. The van der Waals surface area contributed by atoms with E-state index in [0.29, 0.717) is 0 Å². The lowest BCUT2D eigenvalue weighted by molar-refractivity contribution is 0.250. The van der Waals surface area contributed by atoms with Gasteiger partial charge in [-0.3, -0.25) is 0 Å². The molecule has 1 heterocycles. The first kappa shape index (κ1) is 7.80. The second-order valence-electron chi connectivity index (χ2n) is 4.11. The first-order chi connectivity index (χ1) is 4.47. The van der Waals surface area contributed by atoms with Crippen LogP contribution in [0.1, 0.15) is 27.2 Å². The van der Waals surface area contributed by atoms with Crippen LogP contribution in [0.4, 0.5) is 0 Å². The van der Waals surface area contributed by atoms with Crippen LogP contribution in [0.15, 0.2) is 12.7 Å². The molecule has 0 aliphatic carbocycles. The highest BCUT2D eigenvalue weighted by Crippen LogP contribution is 2.39. The van der Waals surface area contributed by atoms with Crippen molar-refractivity contribution in [3.63, 3.8) is 0 Å². The molecule has 0 radical (unpaired) electrons. The summed E-state index contributed by atoms with van der Waals surface area (Å²) in [5, 5.41) is 0. The fourth-order valence-corrected chi connectivity index (χ4v) is 1.26. The molecule has 0 aromatic heterocycles. The first-order valence-corrected chi connectivity index (χ1v) is 3.75. The summed E-state index contributed by atoms with van der Waals surface area (Å²) in [5.41, 5.74) is 0.392. The molecule has 1 heteroatoms. The van der Waals surface area contributed by atoms with E-state index in [1.165, 1.54) is 0 Å². The van der Waals surface area contributed by atoms with Gasteiger partial charge in [0, 0.05) is 0 Å². The van der Waals surface area contributed by atoms with Crippen LogP contribution in [0.25, 0.3) is 0 Å². The third-order valence-electron chi connectivity index (χ3n) is 2.02. The SMILES string of the molecule is C=CC(C)(C)CC1(C)CO1. The number of rotatable bonds is 3. The van der Waals surface area contributed by atoms with Crippen molar-refractivity contribution in [2.24, 2.45) is 5.41 Å². The molecule has 58 valence electrons. The predicted octanol–water partition coefficient (Wildman–Crippen LogP) is 2.38.